The molecule has 1 aromatic heterocycles. The Labute approximate surface area is 324 Å². The van der Waals surface area contributed by atoms with Crippen LogP contribution in [0.5, 0.6) is 11.5 Å². The first-order valence-corrected chi connectivity index (χ1v) is 19.3. The van der Waals surface area contributed by atoms with Crippen LogP contribution in [0.4, 0.5) is 17.1 Å². The maximum absolute atomic E-state index is 7.26. The number of benzene rings is 9. The summed E-state index contributed by atoms with van der Waals surface area (Å²) in [5.74, 6) is 1.78. The molecular weight excluding hydrogens is 681 g/mol. The number of fused-ring (bicyclic) bond motifs is 15. The van der Waals surface area contributed by atoms with Crippen LogP contribution in [0.1, 0.15) is 22.3 Å². The van der Waals surface area contributed by atoms with E-state index in [2.05, 4.69) is 216 Å². The van der Waals surface area contributed by atoms with Gasteiger partial charge in [0.1, 0.15) is 5.75 Å². The average Bonchev–Trinajstić information content (AvgIpc) is 3.77. The van der Waals surface area contributed by atoms with Crippen molar-refractivity contribution in [3.63, 3.8) is 0 Å². The monoisotopic (exact) mass is 714 g/mol. The average molecular weight is 715 g/mol. The summed E-state index contributed by atoms with van der Waals surface area (Å²) in [6.45, 7) is 0. The molecule has 0 amide bonds. The predicted molar refractivity (Wildman–Crippen MR) is 230 cm³/mol. The van der Waals surface area contributed by atoms with E-state index < -0.39 is 5.41 Å². The largest absolute Gasteiger partial charge is 0.454 e. The fraction of sp³-hybridized carbons (Fsp3) is 0.0189. The highest BCUT2D eigenvalue weighted by molar-refractivity contribution is 6.22. The van der Waals surface area contributed by atoms with Crippen LogP contribution in [0.3, 0.4) is 0 Å². The van der Waals surface area contributed by atoms with E-state index in [4.69, 9.17) is 4.74 Å². The molecule has 0 atom stereocenters. The summed E-state index contributed by atoms with van der Waals surface area (Å²) in [6, 6.07) is 74.6. The lowest BCUT2D eigenvalue weighted by molar-refractivity contribution is 0.440. The number of rotatable bonds is 4. The molecule has 10 aromatic rings. The van der Waals surface area contributed by atoms with Gasteiger partial charge in [0.15, 0.2) is 5.75 Å². The smallest absolute Gasteiger partial charge is 0.156 e. The second-order valence-corrected chi connectivity index (χ2v) is 14.8. The molecule has 0 fully saturated rings. The number of ether oxygens (including phenoxy) is 1. The number of nitrogens with zero attached hydrogens (tertiary/aromatic N) is 2. The zero-order valence-corrected chi connectivity index (χ0v) is 30.4. The molecular formula is C53H34N2O. The van der Waals surface area contributed by atoms with E-state index in [1.807, 2.05) is 0 Å². The first-order valence-electron chi connectivity index (χ1n) is 19.3. The first kappa shape index (κ1) is 31.0. The van der Waals surface area contributed by atoms with Crippen molar-refractivity contribution in [2.75, 3.05) is 4.90 Å². The molecule has 1 aliphatic heterocycles. The molecule has 56 heavy (non-hydrogen) atoms. The second-order valence-electron chi connectivity index (χ2n) is 14.8. The molecule has 2 aliphatic rings. The zero-order valence-electron chi connectivity index (χ0n) is 30.4. The van der Waals surface area contributed by atoms with Gasteiger partial charge in [-0.1, -0.05) is 146 Å². The summed E-state index contributed by atoms with van der Waals surface area (Å²) < 4.78 is 9.69. The summed E-state index contributed by atoms with van der Waals surface area (Å²) in [5.41, 5.74) is 13.5. The molecule has 9 aromatic carbocycles. The number of para-hydroxylation sites is 3. The molecule has 0 saturated heterocycles. The molecule has 12 rings (SSSR count). The van der Waals surface area contributed by atoms with Gasteiger partial charge in [0.2, 0.25) is 0 Å². The van der Waals surface area contributed by atoms with Gasteiger partial charge in [-0.05, 0) is 93.7 Å². The van der Waals surface area contributed by atoms with Crippen molar-refractivity contribution in [3.05, 3.63) is 229 Å². The van der Waals surface area contributed by atoms with Crippen LogP contribution in [0.25, 0.3) is 49.4 Å². The Kier molecular flexibility index (Phi) is 6.55. The lowest BCUT2D eigenvalue weighted by Crippen LogP contribution is -2.32. The minimum Gasteiger partial charge on any atom is -0.454 e. The van der Waals surface area contributed by atoms with Gasteiger partial charge in [0.05, 0.1) is 16.4 Å². The van der Waals surface area contributed by atoms with E-state index in [-0.39, 0.29) is 0 Å². The standard InChI is InChI=1S/C53H34N2O/c1-3-16-36(17-4-1)54(37-18-5-2-6-19-37)38-28-30-39(31-29-38)55-48-34-27-35-15-7-8-20-40(35)50(48)43-32-33-47-52(51(43)55)56-49-26-14-13-25-46(49)53(47)44-23-11-9-21-41(44)42-22-10-12-24-45(42)53/h1-34H. The Morgan fingerprint density at radius 1 is 0.411 bits per heavy atom. The van der Waals surface area contributed by atoms with Crippen LogP contribution in [0, 0.1) is 0 Å². The highest BCUT2D eigenvalue weighted by Crippen LogP contribution is 2.63. The molecule has 1 aliphatic carbocycles. The van der Waals surface area contributed by atoms with Gasteiger partial charge in [-0.25, -0.2) is 0 Å². The Balaban J connectivity index is 1.17. The third kappa shape index (κ3) is 4.17. The van der Waals surface area contributed by atoms with E-state index in [0.29, 0.717) is 0 Å². The van der Waals surface area contributed by atoms with Crippen LogP contribution in [0.15, 0.2) is 206 Å². The van der Waals surface area contributed by atoms with Crippen molar-refractivity contribution in [2.45, 2.75) is 5.41 Å². The molecule has 0 N–H and O–H groups in total. The summed E-state index contributed by atoms with van der Waals surface area (Å²) in [6.07, 6.45) is 0. The minimum atomic E-state index is -0.551. The van der Waals surface area contributed by atoms with Crippen molar-refractivity contribution in [1.82, 2.24) is 4.57 Å². The van der Waals surface area contributed by atoms with E-state index in [1.54, 1.807) is 0 Å². The van der Waals surface area contributed by atoms with Crippen molar-refractivity contribution in [2.24, 2.45) is 0 Å². The highest BCUT2D eigenvalue weighted by atomic mass is 16.5. The second kappa shape index (κ2) is 11.8. The number of hydrogen-bond donors (Lipinski definition) is 0. The summed E-state index contributed by atoms with van der Waals surface area (Å²) in [5, 5.41) is 4.84. The van der Waals surface area contributed by atoms with Crippen LogP contribution in [0.2, 0.25) is 0 Å². The normalized spacial score (nSPS) is 13.3. The van der Waals surface area contributed by atoms with Gasteiger partial charge in [0, 0.05) is 44.6 Å². The van der Waals surface area contributed by atoms with Crippen molar-refractivity contribution < 1.29 is 4.74 Å². The van der Waals surface area contributed by atoms with E-state index in [9.17, 15) is 0 Å². The maximum atomic E-state index is 7.26. The van der Waals surface area contributed by atoms with E-state index in [1.165, 1.54) is 49.4 Å². The molecule has 0 saturated carbocycles. The highest BCUT2D eigenvalue weighted by Gasteiger charge is 2.51. The third-order valence-corrected chi connectivity index (χ3v) is 12.0. The fourth-order valence-electron chi connectivity index (χ4n) is 9.80. The van der Waals surface area contributed by atoms with Gasteiger partial charge in [0.25, 0.3) is 0 Å². The Hall–Kier alpha value is -7.36. The summed E-state index contributed by atoms with van der Waals surface area (Å²) in [7, 11) is 0. The topological polar surface area (TPSA) is 17.4 Å². The van der Waals surface area contributed by atoms with Crippen molar-refractivity contribution >= 4 is 49.6 Å². The molecule has 0 bridgehead atoms. The molecule has 2 heterocycles. The Morgan fingerprint density at radius 2 is 0.982 bits per heavy atom. The zero-order chi connectivity index (χ0) is 36.8. The molecule has 3 nitrogen and oxygen atoms in total. The first-order chi connectivity index (χ1) is 27.8. The number of anilines is 3. The lowest BCUT2D eigenvalue weighted by Gasteiger charge is -2.39. The van der Waals surface area contributed by atoms with Gasteiger partial charge in [-0.2, -0.15) is 0 Å². The third-order valence-electron chi connectivity index (χ3n) is 12.0. The molecule has 1 spiro atoms. The lowest BCUT2D eigenvalue weighted by atomic mass is 9.66. The van der Waals surface area contributed by atoms with Crippen LogP contribution >= 0.6 is 0 Å². The number of aromatic nitrogens is 1. The summed E-state index contributed by atoms with van der Waals surface area (Å²) in [4.78, 5) is 2.31. The molecule has 0 unspecified atom stereocenters. The van der Waals surface area contributed by atoms with Crippen LogP contribution < -0.4 is 9.64 Å². The van der Waals surface area contributed by atoms with Gasteiger partial charge in [-0.15, -0.1) is 0 Å². The Bertz CT molecular complexity index is 3080. The predicted octanol–water partition coefficient (Wildman–Crippen LogP) is 13.9. The van der Waals surface area contributed by atoms with Gasteiger partial charge in [-0.3, -0.25) is 0 Å². The van der Waals surface area contributed by atoms with Crippen molar-refractivity contribution in [3.8, 4) is 28.3 Å². The maximum Gasteiger partial charge on any atom is 0.156 e. The summed E-state index contributed by atoms with van der Waals surface area (Å²) >= 11 is 0. The molecule has 3 heteroatoms. The fourth-order valence-corrected chi connectivity index (χ4v) is 9.80. The van der Waals surface area contributed by atoms with Gasteiger partial charge >= 0.3 is 0 Å². The molecule has 0 radical (unpaired) electrons. The van der Waals surface area contributed by atoms with Crippen LogP contribution in [-0.4, -0.2) is 4.57 Å². The number of hydrogen-bond acceptors (Lipinski definition) is 2. The quantitative estimate of drug-likeness (QED) is 0.181. The van der Waals surface area contributed by atoms with E-state index in [0.717, 1.165) is 50.8 Å². The SMILES string of the molecule is c1ccc(N(c2ccccc2)c2ccc(-n3c4ccc5ccccc5c4c4ccc5c(c43)Oc3ccccc3C53c4ccccc4-c4ccccc43)cc2)cc1. The minimum absolute atomic E-state index is 0.551. The van der Waals surface area contributed by atoms with E-state index >= 15 is 0 Å². The molecule has 262 valence electrons. The Morgan fingerprint density at radius 3 is 1.68 bits per heavy atom. The van der Waals surface area contributed by atoms with Crippen LogP contribution in [-0.2, 0) is 5.41 Å². The van der Waals surface area contributed by atoms with Gasteiger partial charge < -0.3 is 14.2 Å². The van der Waals surface area contributed by atoms with Crippen molar-refractivity contribution in [1.29, 1.82) is 0 Å².